The van der Waals surface area contributed by atoms with E-state index in [1.165, 1.54) is 30.5 Å². The van der Waals surface area contributed by atoms with Crippen LogP contribution in [0.3, 0.4) is 0 Å². The molecule has 0 aliphatic carbocycles. The van der Waals surface area contributed by atoms with Gasteiger partial charge in [-0.2, -0.15) is 0 Å². The molecule has 104 valence electrons. The summed E-state index contributed by atoms with van der Waals surface area (Å²) in [6, 6.07) is 6.80. The van der Waals surface area contributed by atoms with Crippen molar-refractivity contribution in [3.63, 3.8) is 0 Å². The van der Waals surface area contributed by atoms with E-state index in [0.717, 1.165) is 6.07 Å². The molecular weight excluding hydrogens is 295 g/mol. The summed E-state index contributed by atoms with van der Waals surface area (Å²) in [5, 5.41) is -0.0271. The Bertz CT molecular complexity index is 644. The lowest BCUT2D eigenvalue weighted by molar-refractivity contribution is -0.274. The van der Waals surface area contributed by atoms with Crippen molar-refractivity contribution in [1.29, 1.82) is 0 Å². The minimum atomic E-state index is -4.83. The number of hydrogen-bond acceptors (Lipinski definition) is 3. The molecule has 0 bridgehead atoms. The Morgan fingerprint density at radius 3 is 2.55 bits per heavy atom. The molecule has 7 heteroatoms. The third kappa shape index (κ3) is 3.08. The number of hydrogen-bond donors (Lipinski definition) is 0. The van der Waals surface area contributed by atoms with E-state index in [-0.39, 0.29) is 21.8 Å². The normalized spacial score (nSPS) is 11.2. The van der Waals surface area contributed by atoms with Gasteiger partial charge in [0.1, 0.15) is 5.75 Å². The minimum absolute atomic E-state index is 0.0271. The Hall–Kier alpha value is -2.08. The molecule has 3 nitrogen and oxygen atoms in total. The van der Waals surface area contributed by atoms with E-state index in [2.05, 4.69) is 9.72 Å². The van der Waals surface area contributed by atoms with Crippen molar-refractivity contribution < 1.29 is 22.7 Å². The summed E-state index contributed by atoms with van der Waals surface area (Å²) in [4.78, 5) is 14.7. The van der Waals surface area contributed by atoms with E-state index in [1.807, 2.05) is 0 Å². The molecule has 0 N–H and O–H groups in total. The molecule has 0 atom stereocenters. The lowest BCUT2D eigenvalue weighted by atomic mass is 10.1. The fourth-order valence-electron chi connectivity index (χ4n) is 1.61. The zero-order chi connectivity index (χ0) is 14.8. The molecule has 0 aliphatic rings. The molecule has 0 saturated heterocycles. The first-order valence-electron chi connectivity index (χ1n) is 5.37. The van der Waals surface area contributed by atoms with Gasteiger partial charge in [0.25, 0.3) is 0 Å². The maximum atomic E-state index is 12.4. The van der Waals surface area contributed by atoms with Crippen LogP contribution in [0, 0.1) is 0 Å². The number of para-hydroxylation sites is 1. The Morgan fingerprint density at radius 1 is 1.20 bits per heavy atom. The van der Waals surface area contributed by atoms with Crippen LogP contribution in [0.4, 0.5) is 13.2 Å². The molecular formula is C13H7ClF3NO2. The largest absolute Gasteiger partial charge is 0.573 e. The fourth-order valence-corrected chi connectivity index (χ4v) is 1.87. The molecule has 0 unspecified atom stereocenters. The minimum Gasteiger partial charge on any atom is -0.405 e. The molecule has 0 fully saturated rings. The number of pyridine rings is 1. The van der Waals surface area contributed by atoms with E-state index < -0.39 is 12.1 Å². The summed E-state index contributed by atoms with van der Waals surface area (Å²) in [7, 11) is 0. The van der Waals surface area contributed by atoms with Gasteiger partial charge in [0.05, 0.1) is 10.7 Å². The number of aldehydes is 1. The number of aromatic nitrogens is 1. The van der Waals surface area contributed by atoms with Gasteiger partial charge < -0.3 is 4.74 Å². The number of ether oxygens (including phenoxy) is 1. The van der Waals surface area contributed by atoms with Gasteiger partial charge >= 0.3 is 6.36 Å². The fraction of sp³-hybridized carbons (Fsp3) is 0.0769. The van der Waals surface area contributed by atoms with E-state index >= 15 is 0 Å². The lowest BCUT2D eigenvalue weighted by Gasteiger charge is -2.13. The van der Waals surface area contributed by atoms with Crippen molar-refractivity contribution in [1.82, 2.24) is 4.98 Å². The summed E-state index contributed by atoms with van der Waals surface area (Å²) in [5.74, 6) is -0.433. The van der Waals surface area contributed by atoms with Gasteiger partial charge in [-0.25, -0.2) is 0 Å². The Balaban J connectivity index is 2.56. The topological polar surface area (TPSA) is 39.2 Å². The van der Waals surface area contributed by atoms with Crippen LogP contribution in [-0.4, -0.2) is 17.6 Å². The monoisotopic (exact) mass is 301 g/mol. The highest BCUT2D eigenvalue weighted by molar-refractivity contribution is 6.35. The molecule has 1 aromatic carbocycles. The third-order valence-corrected chi connectivity index (χ3v) is 2.81. The molecule has 1 heterocycles. The Kier molecular flexibility index (Phi) is 3.94. The molecule has 0 saturated carbocycles. The Labute approximate surface area is 117 Å². The van der Waals surface area contributed by atoms with Gasteiger partial charge in [-0.1, -0.05) is 23.7 Å². The van der Waals surface area contributed by atoms with Crippen LogP contribution in [-0.2, 0) is 0 Å². The smallest absolute Gasteiger partial charge is 0.405 e. The maximum absolute atomic E-state index is 12.4. The average molecular weight is 302 g/mol. The molecule has 0 amide bonds. The number of carbonyl (C=O) groups is 1. The molecule has 0 spiro atoms. The third-order valence-electron chi connectivity index (χ3n) is 2.41. The second kappa shape index (κ2) is 5.50. The highest BCUT2D eigenvalue weighted by atomic mass is 35.5. The Morgan fingerprint density at radius 2 is 1.90 bits per heavy atom. The summed E-state index contributed by atoms with van der Waals surface area (Å²) in [5.41, 5.74) is 0.244. The zero-order valence-corrected chi connectivity index (χ0v) is 10.6. The predicted molar refractivity (Wildman–Crippen MR) is 66.8 cm³/mol. The molecule has 20 heavy (non-hydrogen) atoms. The van der Waals surface area contributed by atoms with Crippen LogP contribution in [0.1, 0.15) is 10.4 Å². The molecule has 2 aromatic rings. The SMILES string of the molecule is O=Cc1ccnc(-c2ccccc2OC(F)(F)F)c1Cl. The molecule has 1 aromatic heterocycles. The average Bonchev–Trinajstić information content (AvgIpc) is 2.38. The zero-order valence-electron chi connectivity index (χ0n) is 9.82. The predicted octanol–water partition coefficient (Wildman–Crippen LogP) is 4.11. The number of alkyl halides is 3. The van der Waals surface area contributed by atoms with Crippen LogP contribution in [0.5, 0.6) is 5.75 Å². The van der Waals surface area contributed by atoms with Crippen molar-refractivity contribution in [3.05, 3.63) is 47.1 Å². The second-order valence-corrected chi connectivity index (χ2v) is 4.10. The van der Waals surface area contributed by atoms with Gasteiger partial charge in [-0.3, -0.25) is 9.78 Å². The van der Waals surface area contributed by atoms with Crippen LogP contribution in [0.15, 0.2) is 36.5 Å². The van der Waals surface area contributed by atoms with E-state index in [9.17, 15) is 18.0 Å². The quantitative estimate of drug-likeness (QED) is 0.801. The first kappa shape index (κ1) is 14.3. The number of rotatable bonds is 3. The number of halogens is 4. The van der Waals surface area contributed by atoms with E-state index in [0.29, 0.717) is 6.29 Å². The van der Waals surface area contributed by atoms with Gasteiger partial charge in [0, 0.05) is 17.3 Å². The van der Waals surface area contributed by atoms with E-state index in [1.54, 1.807) is 0 Å². The summed E-state index contributed by atoms with van der Waals surface area (Å²) in [6.07, 6.45) is -3.04. The van der Waals surface area contributed by atoms with E-state index in [4.69, 9.17) is 11.6 Å². The summed E-state index contributed by atoms with van der Waals surface area (Å²) >= 11 is 5.96. The number of nitrogens with zero attached hydrogens (tertiary/aromatic N) is 1. The van der Waals surface area contributed by atoms with Crippen LogP contribution >= 0.6 is 11.6 Å². The lowest BCUT2D eigenvalue weighted by Crippen LogP contribution is -2.17. The first-order chi connectivity index (χ1) is 9.42. The van der Waals surface area contributed by atoms with Gasteiger partial charge in [-0.05, 0) is 18.2 Å². The van der Waals surface area contributed by atoms with Crippen molar-refractivity contribution in [2.24, 2.45) is 0 Å². The van der Waals surface area contributed by atoms with Crippen LogP contribution < -0.4 is 4.74 Å². The summed E-state index contributed by atoms with van der Waals surface area (Å²) < 4.78 is 41.0. The number of carbonyl (C=O) groups excluding carboxylic acids is 1. The molecule has 0 aliphatic heterocycles. The van der Waals surface area contributed by atoms with Gasteiger partial charge in [-0.15, -0.1) is 13.2 Å². The highest BCUT2D eigenvalue weighted by Crippen LogP contribution is 2.36. The maximum Gasteiger partial charge on any atom is 0.573 e. The van der Waals surface area contributed by atoms with Crippen LogP contribution in [0.2, 0.25) is 5.02 Å². The van der Waals surface area contributed by atoms with Crippen molar-refractivity contribution in [3.8, 4) is 17.0 Å². The van der Waals surface area contributed by atoms with Crippen LogP contribution in [0.25, 0.3) is 11.3 Å². The molecule has 2 rings (SSSR count). The van der Waals surface area contributed by atoms with Crippen molar-refractivity contribution >= 4 is 17.9 Å². The van der Waals surface area contributed by atoms with Crippen molar-refractivity contribution in [2.45, 2.75) is 6.36 Å². The second-order valence-electron chi connectivity index (χ2n) is 3.72. The number of benzene rings is 1. The highest BCUT2D eigenvalue weighted by Gasteiger charge is 2.32. The van der Waals surface area contributed by atoms with Crippen molar-refractivity contribution in [2.75, 3.05) is 0 Å². The first-order valence-corrected chi connectivity index (χ1v) is 5.75. The van der Waals surface area contributed by atoms with Gasteiger partial charge in [0.2, 0.25) is 0 Å². The molecule has 0 radical (unpaired) electrons. The van der Waals surface area contributed by atoms with Gasteiger partial charge in [0.15, 0.2) is 6.29 Å². The summed E-state index contributed by atoms with van der Waals surface area (Å²) in [6.45, 7) is 0. The standard InChI is InChI=1S/C13H7ClF3NO2/c14-11-8(7-19)5-6-18-12(11)9-3-1-2-4-10(9)20-13(15,16)17/h1-7H.